The number of aliphatic hydroxyl groups is 1. The number of nitrogens with one attached hydrogen (secondary N) is 1. The summed E-state index contributed by atoms with van der Waals surface area (Å²) in [6.07, 6.45) is 0.263. The van der Waals surface area contributed by atoms with Gasteiger partial charge < -0.3 is 15.2 Å². The van der Waals surface area contributed by atoms with E-state index in [1.807, 2.05) is 18.2 Å². The Hall–Kier alpha value is -1.39. The lowest BCUT2D eigenvalue weighted by Crippen LogP contribution is -2.30. The van der Waals surface area contributed by atoms with Crippen LogP contribution in [0.25, 0.3) is 0 Å². The highest BCUT2D eigenvalue weighted by Crippen LogP contribution is 1.98. The van der Waals surface area contributed by atoms with Gasteiger partial charge in [-0.05, 0) is 18.5 Å². The van der Waals surface area contributed by atoms with Crippen molar-refractivity contribution < 1.29 is 14.6 Å². The van der Waals surface area contributed by atoms with Crippen LogP contribution in [0.2, 0.25) is 0 Å². The smallest absolute Gasteiger partial charge is 0.308 e. The van der Waals surface area contributed by atoms with E-state index in [2.05, 4.69) is 22.2 Å². The third-order valence-corrected chi connectivity index (χ3v) is 2.44. The minimum absolute atomic E-state index is 0.0365. The minimum Gasteiger partial charge on any atom is -0.469 e. The molecule has 0 saturated heterocycles. The van der Waals surface area contributed by atoms with Crippen LogP contribution in [0.4, 0.5) is 0 Å². The van der Waals surface area contributed by atoms with Gasteiger partial charge in [-0.3, -0.25) is 4.79 Å². The quantitative estimate of drug-likeness (QED) is 0.542. The fourth-order valence-electron chi connectivity index (χ4n) is 1.49. The van der Waals surface area contributed by atoms with E-state index in [-0.39, 0.29) is 12.4 Å². The lowest BCUT2D eigenvalue weighted by Gasteiger charge is -2.10. The number of carbonyl (C=O) groups is 1. The summed E-state index contributed by atoms with van der Waals surface area (Å²) in [6.45, 7) is 1.18. The van der Waals surface area contributed by atoms with E-state index >= 15 is 0 Å². The fourth-order valence-corrected chi connectivity index (χ4v) is 1.49. The van der Waals surface area contributed by atoms with E-state index in [1.165, 1.54) is 12.7 Å². The van der Waals surface area contributed by atoms with Gasteiger partial charge in [0.1, 0.15) is 0 Å². The van der Waals surface area contributed by atoms with Gasteiger partial charge in [0.15, 0.2) is 0 Å². The molecule has 1 aromatic rings. The van der Waals surface area contributed by atoms with Crippen molar-refractivity contribution in [3.8, 4) is 0 Å². The Morgan fingerprint density at radius 2 is 2.12 bits per heavy atom. The molecule has 1 atom stereocenters. The maximum absolute atomic E-state index is 10.9. The monoisotopic (exact) mass is 237 g/mol. The summed E-state index contributed by atoms with van der Waals surface area (Å²) in [7, 11) is 1.32. The first-order chi connectivity index (χ1) is 8.22. The number of rotatable bonds is 7. The Balaban J connectivity index is 2.10. The molecule has 17 heavy (non-hydrogen) atoms. The van der Waals surface area contributed by atoms with Gasteiger partial charge in [-0.15, -0.1) is 0 Å². The summed E-state index contributed by atoms with van der Waals surface area (Å²) >= 11 is 0. The van der Waals surface area contributed by atoms with Crippen molar-refractivity contribution in [2.45, 2.75) is 18.9 Å². The van der Waals surface area contributed by atoms with Gasteiger partial charge in [0.05, 0.1) is 19.6 Å². The molecule has 0 fully saturated rings. The molecular weight excluding hydrogens is 218 g/mol. The van der Waals surface area contributed by atoms with Crippen LogP contribution in [-0.4, -0.2) is 37.4 Å². The van der Waals surface area contributed by atoms with Gasteiger partial charge in [-0.1, -0.05) is 30.3 Å². The number of carbonyl (C=O) groups excluding carboxylic acids is 1. The Labute approximate surface area is 102 Å². The molecule has 0 amide bonds. The molecule has 1 aromatic carbocycles. The number of aliphatic hydroxyl groups excluding tert-OH is 1. The lowest BCUT2D eigenvalue weighted by molar-refractivity contribution is -0.142. The molecule has 0 saturated carbocycles. The van der Waals surface area contributed by atoms with Crippen molar-refractivity contribution in [1.82, 2.24) is 5.32 Å². The Morgan fingerprint density at radius 1 is 1.41 bits per heavy atom. The van der Waals surface area contributed by atoms with Crippen molar-refractivity contribution in [2.75, 3.05) is 20.2 Å². The molecular formula is C13H19NO3. The summed E-state index contributed by atoms with van der Waals surface area (Å²) in [5.41, 5.74) is 1.25. The van der Waals surface area contributed by atoms with Gasteiger partial charge in [-0.25, -0.2) is 0 Å². The third kappa shape index (κ3) is 6.04. The van der Waals surface area contributed by atoms with E-state index in [0.29, 0.717) is 6.54 Å². The van der Waals surface area contributed by atoms with E-state index in [9.17, 15) is 9.90 Å². The van der Waals surface area contributed by atoms with Crippen LogP contribution < -0.4 is 5.32 Å². The zero-order valence-electron chi connectivity index (χ0n) is 10.1. The van der Waals surface area contributed by atoms with Crippen LogP contribution in [0, 0.1) is 0 Å². The van der Waals surface area contributed by atoms with E-state index in [0.717, 1.165) is 13.0 Å². The molecule has 0 heterocycles. The molecule has 94 valence electrons. The molecule has 0 radical (unpaired) electrons. The van der Waals surface area contributed by atoms with Crippen LogP contribution >= 0.6 is 0 Å². The van der Waals surface area contributed by atoms with Crippen LogP contribution in [-0.2, 0) is 16.0 Å². The second kappa shape index (κ2) is 7.81. The molecule has 0 aliphatic heterocycles. The maximum Gasteiger partial charge on any atom is 0.308 e. The summed E-state index contributed by atoms with van der Waals surface area (Å²) in [5, 5.41) is 12.6. The molecule has 0 aromatic heterocycles. The number of esters is 1. The van der Waals surface area contributed by atoms with Gasteiger partial charge >= 0.3 is 5.97 Å². The summed E-state index contributed by atoms with van der Waals surface area (Å²) in [4.78, 5) is 10.9. The molecule has 0 aliphatic carbocycles. The van der Waals surface area contributed by atoms with Crippen molar-refractivity contribution in [3.63, 3.8) is 0 Å². The number of hydrogen-bond acceptors (Lipinski definition) is 4. The Kier molecular flexibility index (Phi) is 6.29. The average Bonchev–Trinajstić information content (AvgIpc) is 2.36. The highest BCUT2D eigenvalue weighted by Gasteiger charge is 2.09. The summed E-state index contributed by atoms with van der Waals surface area (Å²) in [5.74, 6) is -0.387. The zero-order chi connectivity index (χ0) is 12.5. The molecule has 4 heteroatoms. The molecule has 0 spiro atoms. The first-order valence-corrected chi connectivity index (χ1v) is 5.72. The van der Waals surface area contributed by atoms with E-state index < -0.39 is 6.10 Å². The van der Waals surface area contributed by atoms with Crippen molar-refractivity contribution in [2.24, 2.45) is 0 Å². The zero-order valence-corrected chi connectivity index (χ0v) is 10.1. The van der Waals surface area contributed by atoms with Crippen LogP contribution in [0.3, 0.4) is 0 Å². The molecule has 4 nitrogen and oxygen atoms in total. The molecule has 0 bridgehead atoms. The third-order valence-electron chi connectivity index (χ3n) is 2.44. The standard InChI is InChI=1S/C13H19NO3/c1-17-13(16)9-12(15)10-14-8-7-11-5-3-2-4-6-11/h2-6,12,14-15H,7-10H2,1H3. The van der Waals surface area contributed by atoms with E-state index in [1.54, 1.807) is 0 Å². The van der Waals surface area contributed by atoms with Crippen LogP contribution in [0.5, 0.6) is 0 Å². The topological polar surface area (TPSA) is 58.6 Å². The normalized spacial score (nSPS) is 12.1. The van der Waals surface area contributed by atoms with Gasteiger partial charge in [0.25, 0.3) is 0 Å². The molecule has 2 N–H and O–H groups in total. The Bertz CT molecular complexity index is 327. The minimum atomic E-state index is -0.682. The second-order valence-corrected chi connectivity index (χ2v) is 3.87. The molecule has 0 aliphatic rings. The number of ether oxygens (including phenoxy) is 1. The van der Waals surface area contributed by atoms with Crippen molar-refractivity contribution >= 4 is 5.97 Å². The first-order valence-electron chi connectivity index (χ1n) is 5.72. The summed E-state index contributed by atoms with van der Waals surface area (Å²) in [6, 6.07) is 10.1. The fraction of sp³-hybridized carbons (Fsp3) is 0.462. The number of hydrogen-bond donors (Lipinski definition) is 2. The van der Waals surface area contributed by atoms with Crippen LogP contribution in [0.15, 0.2) is 30.3 Å². The molecule has 1 unspecified atom stereocenters. The van der Waals surface area contributed by atoms with Gasteiger partial charge in [0, 0.05) is 6.54 Å². The number of methoxy groups -OCH3 is 1. The lowest BCUT2D eigenvalue weighted by atomic mass is 10.1. The first kappa shape index (κ1) is 13.7. The van der Waals surface area contributed by atoms with Crippen molar-refractivity contribution in [3.05, 3.63) is 35.9 Å². The maximum atomic E-state index is 10.9. The van der Waals surface area contributed by atoms with Gasteiger partial charge in [-0.2, -0.15) is 0 Å². The van der Waals surface area contributed by atoms with Crippen molar-refractivity contribution in [1.29, 1.82) is 0 Å². The van der Waals surface area contributed by atoms with Crippen LogP contribution in [0.1, 0.15) is 12.0 Å². The predicted molar refractivity (Wildman–Crippen MR) is 65.7 cm³/mol. The Morgan fingerprint density at radius 3 is 2.76 bits per heavy atom. The highest BCUT2D eigenvalue weighted by atomic mass is 16.5. The summed E-state index contributed by atoms with van der Waals surface area (Å²) < 4.78 is 4.47. The predicted octanol–water partition coefficient (Wildman–Crippen LogP) is 0.743. The average molecular weight is 237 g/mol. The SMILES string of the molecule is COC(=O)CC(O)CNCCc1ccccc1. The molecule has 1 rings (SSSR count). The van der Waals surface area contributed by atoms with E-state index in [4.69, 9.17) is 0 Å². The number of benzene rings is 1. The highest BCUT2D eigenvalue weighted by molar-refractivity contribution is 5.69. The van der Waals surface area contributed by atoms with Gasteiger partial charge in [0.2, 0.25) is 0 Å². The largest absolute Gasteiger partial charge is 0.469 e. The second-order valence-electron chi connectivity index (χ2n) is 3.87.